The van der Waals surface area contributed by atoms with Gasteiger partial charge in [-0.05, 0) is 38.7 Å². The minimum atomic E-state index is -4.41. The number of hydrogen-bond acceptors (Lipinski definition) is 6. The molecule has 1 amide bonds. The van der Waals surface area contributed by atoms with E-state index in [0.29, 0.717) is 0 Å². The van der Waals surface area contributed by atoms with Gasteiger partial charge in [0.05, 0.1) is 20.6 Å². The largest absolute Gasteiger partial charge is 0.726 e. The summed E-state index contributed by atoms with van der Waals surface area (Å²) in [5.74, 6) is 1.36. The number of nitrogens with zero attached hydrogens (tertiary/aromatic N) is 2. The van der Waals surface area contributed by atoms with Crippen LogP contribution in [0.2, 0.25) is 0 Å². The number of allylic oxidation sites excluding steroid dienone is 2. The molecule has 1 unspecified atom stereocenters. The third-order valence-corrected chi connectivity index (χ3v) is 10.3. The molecule has 1 atom stereocenters. The van der Waals surface area contributed by atoms with Gasteiger partial charge in [0.25, 0.3) is 5.84 Å². The first-order valence-corrected chi connectivity index (χ1v) is 22.5. The van der Waals surface area contributed by atoms with Gasteiger partial charge in [-0.2, -0.15) is 0 Å². The molecule has 300 valence electrons. The van der Waals surface area contributed by atoms with E-state index < -0.39 is 10.4 Å². The van der Waals surface area contributed by atoms with Crippen LogP contribution in [0, 0.1) is 0 Å². The van der Waals surface area contributed by atoms with Crippen LogP contribution < -0.4 is 5.32 Å². The topological polar surface area (TPSA) is 102 Å². The number of rotatable bonds is 33. The van der Waals surface area contributed by atoms with Gasteiger partial charge in [0.2, 0.25) is 16.3 Å². The Bertz CT molecular complexity index is 1010. The van der Waals surface area contributed by atoms with E-state index >= 15 is 0 Å². The van der Waals surface area contributed by atoms with Gasteiger partial charge in [0, 0.05) is 0 Å². The van der Waals surface area contributed by atoms with Gasteiger partial charge in [0.15, 0.2) is 6.17 Å². The smallest absolute Gasteiger partial charge is 0.252 e. The molecule has 1 rings (SSSR count). The molecule has 0 aliphatic carbocycles. The molecule has 0 spiro atoms. The van der Waals surface area contributed by atoms with Crippen molar-refractivity contribution in [2.24, 2.45) is 0 Å². The van der Waals surface area contributed by atoms with Crippen molar-refractivity contribution in [3.8, 4) is 0 Å². The van der Waals surface area contributed by atoms with Crippen LogP contribution in [0.15, 0.2) is 24.3 Å². The highest BCUT2D eigenvalue weighted by Gasteiger charge is 2.32. The Morgan fingerprint density at radius 1 is 0.725 bits per heavy atom. The van der Waals surface area contributed by atoms with Crippen LogP contribution in [-0.4, -0.2) is 67.6 Å². The molecule has 0 aromatic carbocycles. The predicted molar refractivity (Wildman–Crippen MR) is 216 cm³/mol. The van der Waals surface area contributed by atoms with E-state index in [0.717, 1.165) is 33.0 Å². The lowest BCUT2D eigenvalue weighted by molar-refractivity contribution is -0.487. The fraction of sp³-hybridized carbons (Fsp3) is 0.857. The molecule has 0 fully saturated rings. The predicted octanol–water partition coefficient (Wildman–Crippen LogP) is 11.0. The van der Waals surface area contributed by atoms with E-state index in [1.165, 1.54) is 173 Å². The molecule has 0 radical (unpaired) electrons. The Balaban J connectivity index is 0.00000381. The first-order chi connectivity index (χ1) is 24.7. The van der Waals surface area contributed by atoms with E-state index in [-0.39, 0.29) is 12.1 Å². The number of unbranched alkanes of at least 4 members (excludes halogenated alkanes) is 25. The van der Waals surface area contributed by atoms with Crippen LogP contribution in [0.1, 0.15) is 201 Å². The van der Waals surface area contributed by atoms with Crippen LogP contribution in [0.5, 0.6) is 0 Å². The normalized spacial score (nSPS) is 14.1. The van der Waals surface area contributed by atoms with Crippen LogP contribution in [-0.2, 0) is 19.4 Å². The lowest BCUT2D eigenvalue weighted by Crippen LogP contribution is -2.47. The molecular formula is C42H81N3O5S. The van der Waals surface area contributed by atoms with Crippen molar-refractivity contribution < 1.29 is 26.5 Å². The van der Waals surface area contributed by atoms with Gasteiger partial charge in [-0.3, -0.25) is 13.6 Å². The van der Waals surface area contributed by atoms with Crippen molar-refractivity contribution >= 4 is 22.1 Å². The molecule has 0 saturated carbocycles. The zero-order valence-corrected chi connectivity index (χ0v) is 34.8. The minimum absolute atomic E-state index is 0.0168. The summed E-state index contributed by atoms with van der Waals surface area (Å²) in [5, 5.41) is 3.20. The second kappa shape index (κ2) is 35.3. The van der Waals surface area contributed by atoms with E-state index in [2.05, 4.69) is 65.0 Å². The Morgan fingerprint density at radius 2 is 1.10 bits per heavy atom. The summed E-state index contributed by atoms with van der Waals surface area (Å²) in [4.78, 5) is 14.9. The maximum Gasteiger partial charge on any atom is 0.252 e. The first kappa shape index (κ1) is 49.3. The summed E-state index contributed by atoms with van der Waals surface area (Å²) in [7, 11) is -1.43. The molecule has 1 aliphatic heterocycles. The molecule has 1 heterocycles. The van der Waals surface area contributed by atoms with Crippen LogP contribution in [0.25, 0.3) is 0 Å². The summed E-state index contributed by atoms with van der Waals surface area (Å²) in [5.41, 5.74) is 0. The van der Waals surface area contributed by atoms with Gasteiger partial charge in [0.1, 0.15) is 13.1 Å². The molecule has 9 heteroatoms. The van der Waals surface area contributed by atoms with E-state index in [1.54, 1.807) is 6.08 Å². The summed E-state index contributed by atoms with van der Waals surface area (Å²) in [6.07, 6.45) is 46.4. The van der Waals surface area contributed by atoms with Crippen LogP contribution >= 0.6 is 0 Å². The second-order valence-corrected chi connectivity index (χ2v) is 15.7. The van der Waals surface area contributed by atoms with Crippen molar-refractivity contribution in [1.82, 2.24) is 10.2 Å². The SMILES string of the molecule is CCCCCCCCCCCCCCC=CCC1=[N+](C)CCN1C(C)NC(=O)C=CCCCCCCCCCCCCCCC.COS(=O)(=O)[O-]. The van der Waals surface area contributed by atoms with E-state index in [9.17, 15) is 17.8 Å². The molecule has 1 N–H and O–H groups in total. The quantitative estimate of drug-likeness (QED) is 0.0180. The average Bonchev–Trinajstić information content (AvgIpc) is 3.48. The number of nitrogens with one attached hydrogen (secondary N) is 1. The first-order valence-electron chi connectivity index (χ1n) is 21.1. The highest BCUT2D eigenvalue weighted by molar-refractivity contribution is 7.80. The fourth-order valence-corrected chi connectivity index (χ4v) is 6.64. The number of hydrogen-bond donors (Lipinski definition) is 1. The summed E-state index contributed by atoms with van der Waals surface area (Å²) >= 11 is 0. The highest BCUT2D eigenvalue weighted by atomic mass is 32.3. The van der Waals surface area contributed by atoms with E-state index in [4.69, 9.17) is 0 Å². The molecule has 0 saturated heterocycles. The van der Waals surface area contributed by atoms with Crippen LogP contribution in [0.3, 0.4) is 0 Å². The maximum atomic E-state index is 12.6. The number of likely N-dealkylation sites (N-methyl/N-ethyl adjacent to an activating group) is 1. The molecule has 0 bridgehead atoms. The zero-order chi connectivity index (χ0) is 37.8. The lowest BCUT2D eigenvalue weighted by Gasteiger charge is -2.21. The Labute approximate surface area is 316 Å². The van der Waals surface area contributed by atoms with Crippen molar-refractivity contribution in [2.75, 3.05) is 27.2 Å². The van der Waals surface area contributed by atoms with Crippen molar-refractivity contribution in [3.05, 3.63) is 24.3 Å². The van der Waals surface area contributed by atoms with Gasteiger partial charge in [-0.1, -0.05) is 180 Å². The molecule has 0 aromatic heterocycles. The highest BCUT2D eigenvalue weighted by Crippen LogP contribution is 2.15. The Morgan fingerprint density at radius 3 is 1.49 bits per heavy atom. The maximum absolute atomic E-state index is 12.6. The average molecular weight is 740 g/mol. The molecule has 8 nitrogen and oxygen atoms in total. The summed E-state index contributed by atoms with van der Waals surface area (Å²) in [6.45, 7) is 8.70. The molecule has 51 heavy (non-hydrogen) atoms. The number of carbonyl (C=O) groups excluding carboxylic acids is 1. The Kier molecular flexibility index (Phi) is 34.1. The molecule has 0 aromatic rings. The fourth-order valence-electron chi connectivity index (χ4n) is 6.64. The summed E-state index contributed by atoms with van der Waals surface area (Å²) < 4.78 is 33.4. The number of carbonyl (C=O) groups is 1. The van der Waals surface area contributed by atoms with Gasteiger partial charge < -0.3 is 9.87 Å². The van der Waals surface area contributed by atoms with Gasteiger partial charge in [-0.15, -0.1) is 0 Å². The van der Waals surface area contributed by atoms with Crippen LogP contribution in [0.4, 0.5) is 0 Å². The van der Waals surface area contributed by atoms with Gasteiger partial charge in [-0.25, -0.2) is 13.3 Å². The second-order valence-electron chi connectivity index (χ2n) is 14.6. The monoisotopic (exact) mass is 740 g/mol. The Hall–Kier alpha value is -1.71. The lowest BCUT2D eigenvalue weighted by atomic mass is 10.0. The minimum Gasteiger partial charge on any atom is -0.726 e. The standard InChI is InChI=1S/C41H77N3O.CH4O4S/c1-5-7-9-11-13-15-17-19-21-23-25-27-29-31-33-35-40(45)42-39(3)44-38-37-43(4)41(44)36-34-32-30-28-26-24-22-20-18-16-14-12-10-8-6-2;1-5-6(2,3)4/h32-35,39H,5-31,36-38H2,1-4H3;1H3,(H,2,3,4). The van der Waals surface area contributed by atoms with Gasteiger partial charge >= 0.3 is 0 Å². The molecular weight excluding hydrogens is 659 g/mol. The van der Waals surface area contributed by atoms with Crippen molar-refractivity contribution in [2.45, 2.75) is 207 Å². The number of amidine groups is 1. The number of amides is 1. The summed E-state index contributed by atoms with van der Waals surface area (Å²) in [6, 6.07) is 0. The third kappa shape index (κ3) is 32.7. The van der Waals surface area contributed by atoms with E-state index in [1.807, 2.05) is 0 Å². The molecule has 1 aliphatic rings. The third-order valence-electron chi connectivity index (χ3n) is 9.91. The van der Waals surface area contributed by atoms with Crippen molar-refractivity contribution in [3.63, 3.8) is 0 Å². The zero-order valence-electron chi connectivity index (χ0n) is 33.9. The van der Waals surface area contributed by atoms with Crippen molar-refractivity contribution in [1.29, 1.82) is 0 Å².